The number of carbonyl (C=O) groups is 1. The van der Waals surface area contributed by atoms with Crippen LogP contribution < -0.4 is 10.6 Å². The molecule has 3 N–H and O–H groups in total. The minimum Gasteiger partial charge on any atom is -0.391 e. The van der Waals surface area contributed by atoms with Crippen molar-refractivity contribution in [1.29, 1.82) is 0 Å². The van der Waals surface area contributed by atoms with Crippen molar-refractivity contribution in [3.8, 4) is 0 Å². The highest BCUT2D eigenvalue weighted by atomic mass is 16.3. The van der Waals surface area contributed by atoms with Gasteiger partial charge in [-0.15, -0.1) is 0 Å². The van der Waals surface area contributed by atoms with Gasteiger partial charge in [0.1, 0.15) is 0 Å². The van der Waals surface area contributed by atoms with E-state index in [-0.39, 0.29) is 12.6 Å². The number of nitrogens with zero attached hydrogens (tertiary/aromatic N) is 1. The molecule has 0 radical (unpaired) electrons. The van der Waals surface area contributed by atoms with Crippen molar-refractivity contribution in [2.45, 2.75) is 45.1 Å². The van der Waals surface area contributed by atoms with Crippen LogP contribution in [-0.2, 0) is 6.42 Å². The predicted molar refractivity (Wildman–Crippen MR) is 93.8 cm³/mol. The fourth-order valence-electron chi connectivity index (χ4n) is 2.92. The van der Waals surface area contributed by atoms with E-state index in [9.17, 15) is 9.90 Å². The summed E-state index contributed by atoms with van der Waals surface area (Å²) in [6.07, 6.45) is 4.76. The lowest BCUT2D eigenvalue weighted by Crippen LogP contribution is -2.35. The third-order valence-electron chi connectivity index (χ3n) is 4.22. The first-order chi connectivity index (χ1) is 11.2. The van der Waals surface area contributed by atoms with Crippen LogP contribution in [0.25, 0.3) is 0 Å². The Kier molecular flexibility index (Phi) is 7.36. The smallest absolute Gasteiger partial charge is 0.319 e. The largest absolute Gasteiger partial charge is 0.391 e. The maximum atomic E-state index is 11.9. The zero-order valence-electron chi connectivity index (χ0n) is 14.1. The normalized spacial score (nSPS) is 16.3. The van der Waals surface area contributed by atoms with Crippen LogP contribution in [0.4, 0.5) is 10.5 Å². The summed E-state index contributed by atoms with van der Waals surface area (Å²) in [5.41, 5.74) is 2.03. The molecule has 1 unspecified atom stereocenters. The van der Waals surface area contributed by atoms with E-state index in [0.717, 1.165) is 25.1 Å². The molecule has 23 heavy (non-hydrogen) atoms. The van der Waals surface area contributed by atoms with E-state index in [1.165, 1.54) is 31.5 Å². The van der Waals surface area contributed by atoms with Crippen molar-refractivity contribution in [3.63, 3.8) is 0 Å². The molecule has 1 aliphatic heterocycles. The molecule has 2 rings (SSSR count). The first kappa shape index (κ1) is 17.8. The second kappa shape index (κ2) is 9.53. The summed E-state index contributed by atoms with van der Waals surface area (Å²) in [5.74, 6) is 0. The van der Waals surface area contributed by atoms with Crippen LogP contribution in [0.1, 0.15) is 38.2 Å². The Morgan fingerprint density at radius 1 is 1.35 bits per heavy atom. The van der Waals surface area contributed by atoms with Gasteiger partial charge in [-0.1, -0.05) is 25.5 Å². The van der Waals surface area contributed by atoms with Crippen LogP contribution >= 0.6 is 0 Å². The maximum Gasteiger partial charge on any atom is 0.319 e. The summed E-state index contributed by atoms with van der Waals surface area (Å²) < 4.78 is 0. The van der Waals surface area contributed by atoms with E-state index in [2.05, 4.69) is 21.6 Å². The molecule has 0 spiro atoms. The molecule has 2 amide bonds. The summed E-state index contributed by atoms with van der Waals surface area (Å²) in [6, 6.07) is 7.72. The van der Waals surface area contributed by atoms with Gasteiger partial charge in [0, 0.05) is 18.8 Å². The highest BCUT2D eigenvalue weighted by Gasteiger charge is 2.11. The Hall–Kier alpha value is -1.59. The second-order valence-electron chi connectivity index (χ2n) is 6.28. The van der Waals surface area contributed by atoms with E-state index in [1.807, 2.05) is 25.1 Å². The average molecular weight is 319 g/mol. The lowest BCUT2D eigenvalue weighted by Gasteiger charge is -2.15. The number of anilines is 1. The fraction of sp³-hybridized carbons (Fsp3) is 0.611. The molecule has 1 aromatic rings. The van der Waals surface area contributed by atoms with Gasteiger partial charge < -0.3 is 20.6 Å². The number of nitrogens with one attached hydrogen (secondary N) is 2. The third kappa shape index (κ3) is 6.59. The number of urea groups is 1. The second-order valence-corrected chi connectivity index (χ2v) is 6.28. The van der Waals surface area contributed by atoms with Crippen molar-refractivity contribution in [3.05, 3.63) is 29.8 Å². The molecule has 1 aliphatic rings. The Morgan fingerprint density at radius 2 is 2.13 bits per heavy atom. The molecular formula is C18H29N3O2. The van der Waals surface area contributed by atoms with Gasteiger partial charge in [-0.05, 0) is 56.5 Å². The van der Waals surface area contributed by atoms with Crippen LogP contribution in [0.2, 0.25) is 0 Å². The Labute approximate surface area is 139 Å². The molecule has 1 heterocycles. The van der Waals surface area contributed by atoms with Gasteiger partial charge in [0.05, 0.1) is 6.10 Å². The molecule has 0 saturated carbocycles. The Bertz CT molecular complexity index is 487. The molecule has 0 bridgehead atoms. The molecule has 1 atom stereocenters. The lowest BCUT2D eigenvalue weighted by molar-refractivity contribution is 0.162. The van der Waals surface area contributed by atoms with Gasteiger partial charge in [-0.25, -0.2) is 4.79 Å². The van der Waals surface area contributed by atoms with Gasteiger partial charge in [0.15, 0.2) is 0 Å². The molecule has 1 saturated heterocycles. The van der Waals surface area contributed by atoms with E-state index in [0.29, 0.717) is 6.42 Å². The zero-order valence-corrected chi connectivity index (χ0v) is 14.1. The maximum absolute atomic E-state index is 11.9. The number of aliphatic hydroxyl groups excluding tert-OH is 1. The standard InChI is InChI=1S/C18H29N3O2/c1-2-6-17(22)14-19-18(23)20-16-8-5-7-15(13-16)9-12-21-10-3-4-11-21/h5,7-8,13,17,22H,2-4,6,9-12,14H2,1H3,(H2,19,20,23). The number of hydrogen-bond donors (Lipinski definition) is 3. The number of likely N-dealkylation sites (tertiary alicyclic amines) is 1. The number of hydrogen-bond acceptors (Lipinski definition) is 3. The molecular weight excluding hydrogens is 290 g/mol. The highest BCUT2D eigenvalue weighted by molar-refractivity contribution is 5.89. The van der Waals surface area contributed by atoms with Crippen LogP contribution in [0.5, 0.6) is 0 Å². The molecule has 0 aliphatic carbocycles. The lowest BCUT2D eigenvalue weighted by atomic mass is 10.1. The quantitative estimate of drug-likeness (QED) is 0.690. The highest BCUT2D eigenvalue weighted by Crippen LogP contribution is 2.13. The first-order valence-corrected chi connectivity index (χ1v) is 8.71. The number of carbonyl (C=O) groups excluding carboxylic acids is 1. The van der Waals surface area contributed by atoms with E-state index in [1.54, 1.807) is 0 Å². The van der Waals surface area contributed by atoms with Gasteiger partial charge in [-0.3, -0.25) is 0 Å². The van der Waals surface area contributed by atoms with Gasteiger partial charge in [-0.2, -0.15) is 0 Å². The number of amides is 2. The van der Waals surface area contributed by atoms with E-state index >= 15 is 0 Å². The summed E-state index contributed by atoms with van der Waals surface area (Å²) in [7, 11) is 0. The van der Waals surface area contributed by atoms with E-state index in [4.69, 9.17) is 0 Å². The zero-order chi connectivity index (χ0) is 16.5. The first-order valence-electron chi connectivity index (χ1n) is 8.71. The van der Waals surface area contributed by atoms with E-state index < -0.39 is 6.10 Å². The monoisotopic (exact) mass is 319 g/mol. The van der Waals surface area contributed by atoms with Gasteiger partial charge in [0.2, 0.25) is 0 Å². The molecule has 0 aromatic heterocycles. The van der Waals surface area contributed by atoms with Crippen molar-refractivity contribution in [2.24, 2.45) is 0 Å². The molecule has 1 fully saturated rings. The topological polar surface area (TPSA) is 64.6 Å². The van der Waals surface area contributed by atoms with Crippen LogP contribution in [0, 0.1) is 0 Å². The Morgan fingerprint density at radius 3 is 2.87 bits per heavy atom. The summed E-state index contributed by atoms with van der Waals surface area (Å²) in [6.45, 7) is 5.80. The number of benzene rings is 1. The number of aliphatic hydroxyl groups is 1. The van der Waals surface area contributed by atoms with Crippen molar-refractivity contribution in [2.75, 3.05) is 31.5 Å². The summed E-state index contributed by atoms with van der Waals surface area (Å²) in [4.78, 5) is 14.3. The van der Waals surface area contributed by atoms with Crippen LogP contribution in [0.15, 0.2) is 24.3 Å². The average Bonchev–Trinajstić information content (AvgIpc) is 3.05. The SMILES string of the molecule is CCCC(O)CNC(=O)Nc1cccc(CCN2CCCC2)c1. The predicted octanol–water partition coefficient (Wildman–Crippen LogP) is 2.61. The molecule has 1 aromatic carbocycles. The van der Waals surface area contributed by atoms with Crippen molar-refractivity contribution in [1.82, 2.24) is 10.2 Å². The molecule has 128 valence electrons. The summed E-state index contributed by atoms with van der Waals surface area (Å²) >= 11 is 0. The molecule has 5 nitrogen and oxygen atoms in total. The summed E-state index contributed by atoms with van der Waals surface area (Å²) in [5, 5.41) is 15.2. The van der Waals surface area contributed by atoms with Crippen molar-refractivity contribution < 1.29 is 9.90 Å². The van der Waals surface area contributed by atoms with Crippen molar-refractivity contribution >= 4 is 11.7 Å². The minimum atomic E-state index is -0.474. The van der Waals surface area contributed by atoms with Crippen LogP contribution in [-0.4, -0.2) is 48.3 Å². The molecule has 5 heteroatoms. The fourth-order valence-corrected chi connectivity index (χ4v) is 2.92. The number of rotatable bonds is 8. The Balaban J connectivity index is 1.76. The van der Waals surface area contributed by atoms with Crippen LogP contribution in [0.3, 0.4) is 0 Å². The third-order valence-corrected chi connectivity index (χ3v) is 4.22. The van der Waals surface area contributed by atoms with Gasteiger partial charge in [0.25, 0.3) is 0 Å². The minimum absolute atomic E-state index is 0.267. The van der Waals surface area contributed by atoms with Gasteiger partial charge >= 0.3 is 6.03 Å².